The number of nitrogens with zero attached hydrogens (tertiary/aromatic N) is 3. The first-order chi connectivity index (χ1) is 11.5. The molecule has 7 heteroatoms. The quantitative estimate of drug-likeness (QED) is 0.804. The highest BCUT2D eigenvalue weighted by Gasteiger charge is 2.10. The molecule has 0 fully saturated rings. The minimum absolute atomic E-state index is 0.205. The van der Waals surface area contributed by atoms with E-state index in [4.69, 9.17) is 11.6 Å². The molecule has 1 amide bonds. The Balaban J connectivity index is 2.02. The number of hydrogen-bond donors (Lipinski definition) is 2. The van der Waals surface area contributed by atoms with E-state index in [9.17, 15) is 4.79 Å². The number of hydrogen-bond acceptors (Lipinski definition) is 5. The summed E-state index contributed by atoms with van der Waals surface area (Å²) in [6.45, 7) is 3.66. The van der Waals surface area contributed by atoms with E-state index in [0.717, 1.165) is 17.8 Å². The number of nitrogens with one attached hydrogen (secondary N) is 2. The predicted molar refractivity (Wildman–Crippen MR) is 96.4 cm³/mol. The average Bonchev–Trinajstić information content (AvgIpc) is 2.53. The second-order valence-corrected chi connectivity index (χ2v) is 6.13. The molecule has 0 bridgehead atoms. The average molecular weight is 348 g/mol. The van der Waals surface area contributed by atoms with Crippen LogP contribution < -0.4 is 10.6 Å². The fourth-order valence-electron chi connectivity index (χ4n) is 2.06. The van der Waals surface area contributed by atoms with Crippen molar-refractivity contribution in [1.82, 2.24) is 20.2 Å². The lowest BCUT2D eigenvalue weighted by molar-refractivity contribution is 0.0946. The van der Waals surface area contributed by atoms with Crippen LogP contribution in [0.15, 0.2) is 30.3 Å². The van der Waals surface area contributed by atoms with E-state index in [1.165, 1.54) is 0 Å². The van der Waals surface area contributed by atoms with Crippen LogP contribution in [-0.4, -0.2) is 48.0 Å². The standard InChI is InChI=1S/C17H22ClN5O/c1-12-10-15(16(24)19-8-9-23(2)3)22-17(21-12)20-11-13-6-4-5-7-14(13)18/h4-7,10H,8-9,11H2,1-3H3,(H,19,24)(H,20,21,22). The number of likely N-dealkylation sites (N-methyl/N-ethyl adjacent to an activating group) is 1. The van der Waals surface area contributed by atoms with E-state index in [0.29, 0.717) is 29.8 Å². The van der Waals surface area contributed by atoms with Crippen molar-refractivity contribution < 1.29 is 4.79 Å². The van der Waals surface area contributed by atoms with Gasteiger partial charge < -0.3 is 15.5 Å². The fraction of sp³-hybridized carbons (Fsp3) is 0.353. The summed E-state index contributed by atoms with van der Waals surface area (Å²) >= 11 is 6.14. The van der Waals surface area contributed by atoms with Gasteiger partial charge in [-0.25, -0.2) is 9.97 Å². The van der Waals surface area contributed by atoms with Crippen LogP contribution in [0.4, 0.5) is 5.95 Å². The van der Waals surface area contributed by atoms with Crippen molar-refractivity contribution in [2.45, 2.75) is 13.5 Å². The molecule has 0 unspecified atom stereocenters. The molecule has 2 N–H and O–H groups in total. The van der Waals surface area contributed by atoms with Gasteiger partial charge in [0.1, 0.15) is 5.69 Å². The number of carbonyl (C=O) groups excluding carboxylic acids is 1. The molecule has 6 nitrogen and oxygen atoms in total. The lowest BCUT2D eigenvalue weighted by atomic mass is 10.2. The third kappa shape index (κ3) is 5.47. The molecule has 2 rings (SSSR count). The Bertz CT molecular complexity index is 705. The molecule has 0 atom stereocenters. The largest absolute Gasteiger partial charge is 0.350 e. The Morgan fingerprint density at radius 3 is 2.71 bits per heavy atom. The van der Waals surface area contributed by atoms with Crippen LogP contribution in [0.1, 0.15) is 21.7 Å². The number of halogens is 1. The Hall–Kier alpha value is -2.18. The Kier molecular flexibility index (Phi) is 6.52. The monoisotopic (exact) mass is 347 g/mol. The van der Waals surface area contributed by atoms with Crippen molar-refractivity contribution in [3.8, 4) is 0 Å². The number of aryl methyl sites for hydroxylation is 1. The van der Waals surface area contributed by atoms with E-state index in [1.54, 1.807) is 6.07 Å². The molecule has 0 aliphatic carbocycles. The Morgan fingerprint density at radius 2 is 2.00 bits per heavy atom. The van der Waals surface area contributed by atoms with Crippen molar-refractivity contribution in [1.29, 1.82) is 0 Å². The number of anilines is 1. The van der Waals surface area contributed by atoms with E-state index in [1.807, 2.05) is 50.2 Å². The highest BCUT2D eigenvalue weighted by atomic mass is 35.5. The van der Waals surface area contributed by atoms with Crippen molar-refractivity contribution in [3.05, 3.63) is 52.3 Å². The van der Waals surface area contributed by atoms with Crippen molar-refractivity contribution >= 4 is 23.5 Å². The zero-order valence-corrected chi connectivity index (χ0v) is 14.9. The molecule has 0 saturated carbocycles. The van der Waals surface area contributed by atoms with Gasteiger partial charge in [0, 0.05) is 30.4 Å². The highest BCUT2D eigenvalue weighted by Crippen LogP contribution is 2.16. The molecular formula is C17H22ClN5O. The molecule has 24 heavy (non-hydrogen) atoms. The van der Waals surface area contributed by atoms with E-state index < -0.39 is 0 Å². The predicted octanol–water partition coefficient (Wildman–Crippen LogP) is 2.34. The maximum atomic E-state index is 12.2. The zero-order chi connectivity index (χ0) is 17.5. The van der Waals surface area contributed by atoms with Crippen LogP contribution in [0.3, 0.4) is 0 Å². The summed E-state index contributed by atoms with van der Waals surface area (Å²) < 4.78 is 0. The molecule has 0 aliphatic heterocycles. The van der Waals surface area contributed by atoms with Gasteiger partial charge >= 0.3 is 0 Å². The first-order valence-corrected chi connectivity index (χ1v) is 8.09. The maximum Gasteiger partial charge on any atom is 0.270 e. The fourth-order valence-corrected chi connectivity index (χ4v) is 2.27. The highest BCUT2D eigenvalue weighted by molar-refractivity contribution is 6.31. The molecule has 0 spiro atoms. The van der Waals surface area contributed by atoms with Crippen molar-refractivity contribution in [2.75, 3.05) is 32.5 Å². The molecular weight excluding hydrogens is 326 g/mol. The van der Waals surface area contributed by atoms with Gasteiger partial charge in [-0.2, -0.15) is 0 Å². The van der Waals surface area contributed by atoms with Gasteiger partial charge in [-0.3, -0.25) is 4.79 Å². The summed E-state index contributed by atoms with van der Waals surface area (Å²) in [6, 6.07) is 9.24. The lowest BCUT2D eigenvalue weighted by Gasteiger charge is -2.11. The smallest absolute Gasteiger partial charge is 0.270 e. The molecule has 2 aromatic rings. The number of benzene rings is 1. The molecule has 128 valence electrons. The number of amides is 1. The molecule has 0 saturated heterocycles. The topological polar surface area (TPSA) is 70.2 Å². The summed E-state index contributed by atoms with van der Waals surface area (Å²) in [4.78, 5) is 22.8. The lowest BCUT2D eigenvalue weighted by Crippen LogP contribution is -2.32. The van der Waals surface area contributed by atoms with Gasteiger partial charge in [0.25, 0.3) is 5.91 Å². The van der Waals surface area contributed by atoms with E-state index in [-0.39, 0.29) is 5.91 Å². The van der Waals surface area contributed by atoms with Crippen LogP contribution in [0.2, 0.25) is 5.02 Å². The van der Waals surface area contributed by atoms with Gasteiger partial charge in [-0.15, -0.1) is 0 Å². The summed E-state index contributed by atoms with van der Waals surface area (Å²) in [5.41, 5.74) is 2.02. The first-order valence-electron chi connectivity index (χ1n) is 7.71. The van der Waals surface area contributed by atoms with Crippen LogP contribution in [-0.2, 0) is 6.54 Å². The summed E-state index contributed by atoms with van der Waals surface area (Å²) in [5, 5.41) is 6.65. The molecule has 1 aromatic heterocycles. The van der Waals surface area contributed by atoms with Crippen molar-refractivity contribution in [2.24, 2.45) is 0 Å². The van der Waals surface area contributed by atoms with Gasteiger partial charge in [0.15, 0.2) is 0 Å². The van der Waals surface area contributed by atoms with Gasteiger partial charge in [0.05, 0.1) is 0 Å². The van der Waals surface area contributed by atoms with Crippen LogP contribution >= 0.6 is 11.6 Å². The van der Waals surface area contributed by atoms with Gasteiger partial charge in [-0.1, -0.05) is 29.8 Å². The van der Waals surface area contributed by atoms with E-state index in [2.05, 4.69) is 20.6 Å². The van der Waals surface area contributed by atoms with Gasteiger partial charge in [0.2, 0.25) is 5.95 Å². The van der Waals surface area contributed by atoms with Crippen LogP contribution in [0.5, 0.6) is 0 Å². The first kappa shape index (κ1) is 18.2. The minimum Gasteiger partial charge on any atom is -0.350 e. The third-order valence-electron chi connectivity index (χ3n) is 3.33. The second kappa shape index (κ2) is 8.61. The Morgan fingerprint density at radius 1 is 1.25 bits per heavy atom. The molecule has 1 heterocycles. The molecule has 1 aromatic carbocycles. The van der Waals surface area contributed by atoms with E-state index >= 15 is 0 Å². The minimum atomic E-state index is -0.205. The maximum absolute atomic E-state index is 12.2. The zero-order valence-electron chi connectivity index (χ0n) is 14.1. The summed E-state index contributed by atoms with van der Waals surface area (Å²) in [7, 11) is 3.91. The van der Waals surface area contributed by atoms with Crippen LogP contribution in [0.25, 0.3) is 0 Å². The number of carbonyl (C=O) groups is 1. The van der Waals surface area contributed by atoms with Crippen LogP contribution in [0, 0.1) is 6.92 Å². The second-order valence-electron chi connectivity index (χ2n) is 5.72. The SMILES string of the molecule is Cc1cc(C(=O)NCCN(C)C)nc(NCc2ccccc2Cl)n1. The Labute approximate surface area is 147 Å². The summed E-state index contributed by atoms with van der Waals surface area (Å²) in [6.07, 6.45) is 0. The van der Waals surface area contributed by atoms with Gasteiger partial charge in [-0.05, 0) is 38.7 Å². The normalized spacial score (nSPS) is 10.7. The number of aromatic nitrogens is 2. The number of rotatable bonds is 7. The molecule has 0 aliphatic rings. The third-order valence-corrected chi connectivity index (χ3v) is 3.69. The van der Waals surface area contributed by atoms with Crippen molar-refractivity contribution in [3.63, 3.8) is 0 Å². The summed E-state index contributed by atoms with van der Waals surface area (Å²) in [5.74, 6) is 0.204. The molecule has 0 radical (unpaired) electrons.